The van der Waals surface area contributed by atoms with E-state index in [0.29, 0.717) is 0 Å². The van der Waals surface area contributed by atoms with Gasteiger partial charge in [0.25, 0.3) is 0 Å². The molecule has 1 unspecified atom stereocenters. The Hall–Kier alpha value is -2.48. The van der Waals surface area contributed by atoms with Crippen LogP contribution in [0.25, 0.3) is 0 Å². The number of amides is 2. The fourth-order valence-electron chi connectivity index (χ4n) is 2.86. The number of nitrogens with one attached hydrogen (secondary N) is 1. The van der Waals surface area contributed by atoms with E-state index >= 15 is 0 Å². The normalized spacial score (nSPS) is 17.6. The van der Waals surface area contributed by atoms with E-state index in [2.05, 4.69) is 11.9 Å². The lowest BCUT2D eigenvalue weighted by atomic mass is 9.91. The lowest BCUT2D eigenvalue weighted by Crippen LogP contribution is -2.49. The van der Waals surface area contributed by atoms with Crippen molar-refractivity contribution in [1.82, 2.24) is 10.2 Å². The molecular weight excluding hydrogens is 385 g/mol. The SMILES string of the molecule is C=CCN1C(=O)NC(c2ccccc2C(F)(F)F)C(C(=O)OCC)=C1CCl. The summed E-state index contributed by atoms with van der Waals surface area (Å²) in [5, 5.41) is 2.46. The topological polar surface area (TPSA) is 58.6 Å². The number of halogens is 4. The van der Waals surface area contributed by atoms with Crippen molar-refractivity contribution in [3.63, 3.8) is 0 Å². The van der Waals surface area contributed by atoms with E-state index in [1.165, 1.54) is 24.3 Å². The van der Waals surface area contributed by atoms with Crippen molar-refractivity contribution in [3.8, 4) is 0 Å². The Morgan fingerprint density at radius 2 is 2.07 bits per heavy atom. The molecule has 0 saturated heterocycles. The molecule has 0 bridgehead atoms. The highest BCUT2D eigenvalue weighted by Crippen LogP contribution is 2.39. The second-order valence-electron chi connectivity index (χ2n) is 5.58. The number of esters is 1. The lowest BCUT2D eigenvalue weighted by molar-refractivity contribution is -0.141. The number of benzene rings is 1. The second kappa shape index (κ2) is 8.47. The van der Waals surface area contributed by atoms with Gasteiger partial charge in [0.05, 0.1) is 35.4 Å². The molecule has 0 fully saturated rings. The summed E-state index contributed by atoms with van der Waals surface area (Å²) in [5.41, 5.74) is -1.27. The lowest BCUT2D eigenvalue weighted by Gasteiger charge is -2.36. The van der Waals surface area contributed by atoms with Gasteiger partial charge in [0, 0.05) is 6.54 Å². The van der Waals surface area contributed by atoms with Crippen LogP contribution in [0.1, 0.15) is 24.1 Å². The minimum Gasteiger partial charge on any atom is -0.463 e. The maximum Gasteiger partial charge on any atom is 0.416 e. The number of hydrogen-bond acceptors (Lipinski definition) is 3. The van der Waals surface area contributed by atoms with Crippen molar-refractivity contribution >= 4 is 23.6 Å². The van der Waals surface area contributed by atoms with Gasteiger partial charge in [0.1, 0.15) is 0 Å². The molecule has 0 saturated carbocycles. The van der Waals surface area contributed by atoms with Crippen LogP contribution in [0.15, 0.2) is 48.2 Å². The molecular formula is C18H18ClF3N2O3. The fraction of sp³-hybridized carbons (Fsp3) is 0.333. The molecule has 2 amide bonds. The maximum absolute atomic E-state index is 13.5. The minimum absolute atomic E-state index is 0.0148. The van der Waals surface area contributed by atoms with E-state index < -0.39 is 29.8 Å². The van der Waals surface area contributed by atoms with Crippen LogP contribution in [0.3, 0.4) is 0 Å². The van der Waals surface area contributed by atoms with Crippen LogP contribution in [-0.4, -0.2) is 35.9 Å². The van der Waals surface area contributed by atoms with Crippen LogP contribution in [0.2, 0.25) is 0 Å². The number of nitrogens with zero attached hydrogens (tertiary/aromatic N) is 1. The van der Waals surface area contributed by atoms with Crippen molar-refractivity contribution in [1.29, 1.82) is 0 Å². The zero-order chi connectivity index (χ0) is 20.2. The molecule has 2 rings (SSSR count). The minimum atomic E-state index is -4.67. The van der Waals surface area contributed by atoms with Gasteiger partial charge in [-0.05, 0) is 18.6 Å². The molecule has 5 nitrogen and oxygen atoms in total. The van der Waals surface area contributed by atoms with Gasteiger partial charge in [-0.2, -0.15) is 13.2 Å². The molecule has 0 aromatic heterocycles. The van der Waals surface area contributed by atoms with Crippen molar-refractivity contribution < 1.29 is 27.5 Å². The van der Waals surface area contributed by atoms with Crippen LogP contribution in [0.5, 0.6) is 0 Å². The van der Waals surface area contributed by atoms with Gasteiger partial charge >= 0.3 is 18.2 Å². The molecule has 1 atom stereocenters. The summed E-state index contributed by atoms with van der Waals surface area (Å²) in [6, 6.07) is 2.71. The Kier molecular flexibility index (Phi) is 6.54. The van der Waals surface area contributed by atoms with Crippen LogP contribution >= 0.6 is 11.6 Å². The van der Waals surface area contributed by atoms with E-state index in [-0.39, 0.29) is 35.9 Å². The quantitative estimate of drug-likeness (QED) is 0.444. The summed E-state index contributed by atoms with van der Waals surface area (Å²) in [6.45, 7) is 5.15. The molecule has 1 aromatic carbocycles. The molecule has 27 heavy (non-hydrogen) atoms. The van der Waals surface area contributed by atoms with Crippen LogP contribution in [-0.2, 0) is 15.7 Å². The molecule has 1 aliphatic heterocycles. The van der Waals surface area contributed by atoms with E-state index in [1.807, 2.05) is 0 Å². The van der Waals surface area contributed by atoms with Crippen molar-refractivity contribution in [3.05, 3.63) is 59.3 Å². The highest BCUT2D eigenvalue weighted by atomic mass is 35.5. The molecule has 0 radical (unpaired) electrons. The van der Waals surface area contributed by atoms with E-state index in [4.69, 9.17) is 16.3 Å². The monoisotopic (exact) mass is 402 g/mol. The third kappa shape index (κ3) is 4.27. The molecule has 0 spiro atoms. The number of urea groups is 1. The summed E-state index contributed by atoms with van der Waals surface area (Å²) in [5.74, 6) is -1.11. The first-order valence-electron chi connectivity index (χ1n) is 8.07. The number of carbonyl (C=O) groups excluding carboxylic acids is 2. The van der Waals surface area contributed by atoms with Crippen LogP contribution in [0, 0.1) is 0 Å². The fourth-order valence-corrected chi connectivity index (χ4v) is 3.15. The first-order chi connectivity index (χ1) is 12.8. The number of rotatable bonds is 6. The summed E-state index contributed by atoms with van der Waals surface area (Å²) in [6.07, 6.45) is -3.25. The average molecular weight is 403 g/mol. The predicted octanol–water partition coefficient (Wildman–Crippen LogP) is 4.01. The van der Waals surface area contributed by atoms with E-state index in [9.17, 15) is 22.8 Å². The third-order valence-corrected chi connectivity index (χ3v) is 4.20. The largest absolute Gasteiger partial charge is 0.463 e. The zero-order valence-electron chi connectivity index (χ0n) is 14.5. The molecule has 146 valence electrons. The van der Waals surface area contributed by atoms with Gasteiger partial charge in [-0.25, -0.2) is 9.59 Å². The highest BCUT2D eigenvalue weighted by molar-refractivity contribution is 6.20. The van der Waals surface area contributed by atoms with Gasteiger partial charge in [-0.15, -0.1) is 18.2 Å². The van der Waals surface area contributed by atoms with Crippen LogP contribution < -0.4 is 5.32 Å². The van der Waals surface area contributed by atoms with Crippen LogP contribution in [0.4, 0.5) is 18.0 Å². The second-order valence-corrected chi connectivity index (χ2v) is 5.85. The van der Waals surface area contributed by atoms with Crippen molar-refractivity contribution in [2.45, 2.75) is 19.1 Å². The smallest absolute Gasteiger partial charge is 0.416 e. The Bertz CT molecular complexity index is 777. The van der Waals surface area contributed by atoms with E-state index in [0.717, 1.165) is 11.0 Å². The average Bonchev–Trinajstić information content (AvgIpc) is 2.62. The molecule has 9 heteroatoms. The van der Waals surface area contributed by atoms with Gasteiger partial charge in [0.2, 0.25) is 0 Å². The Balaban J connectivity index is 2.71. The van der Waals surface area contributed by atoms with Crippen molar-refractivity contribution in [2.75, 3.05) is 19.0 Å². The molecule has 0 aliphatic carbocycles. The van der Waals surface area contributed by atoms with E-state index in [1.54, 1.807) is 6.92 Å². The first-order valence-corrected chi connectivity index (χ1v) is 8.60. The molecule has 1 heterocycles. The third-order valence-electron chi connectivity index (χ3n) is 3.95. The van der Waals surface area contributed by atoms with Gasteiger partial charge in [-0.3, -0.25) is 4.90 Å². The number of alkyl halides is 4. The van der Waals surface area contributed by atoms with Gasteiger partial charge < -0.3 is 10.1 Å². The Morgan fingerprint density at radius 3 is 2.63 bits per heavy atom. The maximum atomic E-state index is 13.5. The summed E-state index contributed by atoms with van der Waals surface area (Å²) in [7, 11) is 0. The molecule has 1 N–H and O–H groups in total. The summed E-state index contributed by atoms with van der Waals surface area (Å²) in [4.78, 5) is 26.2. The number of carbonyl (C=O) groups is 2. The molecule has 1 aliphatic rings. The predicted molar refractivity (Wildman–Crippen MR) is 94.0 cm³/mol. The van der Waals surface area contributed by atoms with Crippen molar-refractivity contribution in [2.24, 2.45) is 0 Å². The number of ether oxygens (including phenoxy) is 1. The zero-order valence-corrected chi connectivity index (χ0v) is 15.2. The summed E-state index contributed by atoms with van der Waals surface area (Å²) >= 11 is 5.95. The summed E-state index contributed by atoms with van der Waals surface area (Å²) < 4.78 is 45.4. The van der Waals surface area contributed by atoms with Gasteiger partial charge in [0.15, 0.2) is 0 Å². The van der Waals surface area contributed by atoms with Gasteiger partial charge in [-0.1, -0.05) is 24.3 Å². The molecule has 1 aromatic rings. The Labute approximate surface area is 159 Å². The number of allylic oxidation sites excluding steroid dienone is 1. The Morgan fingerprint density at radius 1 is 1.41 bits per heavy atom. The number of hydrogen-bond donors (Lipinski definition) is 1. The highest BCUT2D eigenvalue weighted by Gasteiger charge is 2.42. The first kappa shape index (κ1) is 20.8. The standard InChI is InChI=1S/C18H18ClF3N2O3/c1-3-9-24-13(10-19)14(16(25)27-4-2)15(23-17(24)26)11-7-5-6-8-12(11)18(20,21)22/h3,5-8,15H,1,4,9-10H2,2H3,(H,23,26).